The second kappa shape index (κ2) is 6.52. The Morgan fingerprint density at radius 1 is 1.26 bits per heavy atom. The van der Waals surface area contributed by atoms with Gasteiger partial charge in [-0.05, 0) is 38.6 Å². The molecule has 0 aromatic carbocycles. The number of aromatic nitrogens is 1. The molecular formula is C18H27N3OS. The van der Waals surface area contributed by atoms with Crippen LogP contribution in [-0.2, 0) is 0 Å². The normalized spacial score (nSPS) is 29.2. The van der Waals surface area contributed by atoms with Gasteiger partial charge in [-0.3, -0.25) is 9.69 Å². The Labute approximate surface area is 142 Å². The van der Waals surface area contributed by atoms with Crippen molar-refractivity contribution >= 4 is 17.2 Å². The predicted molar refractivity (Wildman–Crippen MR) is 93.0 cm³/mol. The summed E-state index contributed by atoms with van der Waals surface area (Å²) in [6, 6.07) is 0.958. The number of fused-ring (bicyclic) bond motifs is 1. The number of carbonyl (C=O) groups is 1. The standard InChI is InChI=1S/C18H27N3OS/c1-2-14-10-20-9-5-8-15(20)11-21(14)18(22)17-16(19-12-23-17)13-6-3-4-7-13/h12-15H,2-11H2,1H3. The summed E-state index contributed by atoms with van der Waals surface area (Å²) in [6.07, 6.45) is 8.57. The van der Waals surface area contributed by atoms with E-state index in [4.69, 9.17) is 0 Å². The molecule has 126 valence electrons. The number of thiazole rings is 1. The monoisotopic (exact) mass is 333 g/mol. The molecule has 3 aliphatic rings. The van der Waals surface area contributed by atoms with Gasteiger partial charge in [0, 0.05) is 31.1 Å². The van der Waals surface area contributed by atoms with Gasteiger partial charge >= 0.3 is 0 Å². The molecule has 0 N–H and O–H groups in total. The van der Waals surface area contributed by atoms with Gasteiger partial charge in [-0.1, -0.05) is 19.8 Å². The Morgan fingerprint density at radius 2 is 2.09 bits per heavy atom. The molecule has 1 aromatic rings. The smallest absolute Gasteiger partial charge is 0.266 e. The van der Waals surface area contributed by atoms with Crippen LogP contribution in [0.5, 0.6) is 0 Å². The first-order valence-electron chi connectivity index (χ1n) is 9.26. The third kappa shape index (κ3) is 2.82. The molecule has 2 atom stereocenters. The molecule has 3 heterocycles. The minimum atomic E-state index is 0.257. The molecule has 2 unspecified atom stereocenters. The third-order valence-corrected chi connectivity index (χ3v) is 6.89. The summed E-state index contributed by atoms with van der Waals surface area (Å²) in [5.41, 5.74) is 2.98. The van der Waals surface area contributed by atoms with Crippen molar-refractivity contribution in [2.24, 2.45) is 0 Å². The average molecular weight is 334 g/mol. The molecule has 1 aliphatic carbocycles. The van der Waals surface area contributed by atoms with Crippen molar-refractivity contribution in [3.8, 4) is 0 Å². The highest BCUT2D eigenvalue weighted by molar-refractivity contribution is 7.11. The van der Waals surface area contributed by atoms with E-state index < -0.39 is 0 Å². The molecule has 1 aromatic heterocycles. The van der Waals surface area contributed by atoms with E-state index >= 15 is 0 Å². The largest absolute Gasteiger partial charge is 0.332 e. The maximum atomic E-state index is 13.3. The Kier molecular flexibility index (Phi) is 4.41. The number of carbonyl (C=O) groups excluding carboxylic acids is 1. The molecule has 1 saturated carbocycles. The van der Waals surface area contributed by atoms with Gasteiger partial charge in [0.2, 0.25) is 0 Å². The molecule has 0 bridgehead atoms. The summed E-state index contributed by atoms with van der Waals surface area (Å²) in [5.74, 6) is 0.779. The molecule has 5 heteroatoms. The summed E-state index contributed by atoms with van der Waals surface area (Å²) in [5, 5.41) is 0. The molecule has 23 heavy (non-hydrogen) atoms. The van der Waals surface area contributed by atoms with Crippen molar-refractivity contribution in [2.75, 3.05) is 19.6 Å². The Bertz CT molecular complexity index is 566. The number of amides is 1. The van der Waals surface area contributed by atoms with Gasteiger partial charge in [0.25, 0.3) is 5.91 Å². The van der Waals surface area contributed by atoms with Crippen LogP contribution in [0.3, 0.4) is 0 Å². The van der Waals surface area contributed by atoms with Crippen LogP contribution in [0.1, 0.15) is 73.2 Å². The first-order chi connectivity index (χ1) is 11.3. The number of hydrogen-bond acceptors (Lipinski definition) is 4. The molecule has 0 radical (unpaired) electrons. The second-order valence-electron chi connectivity index (χ2n) is 7.36. The van der Waals surface area contributed by atoms with Crippen LogP contribution in [-0.4, -0.2) is 52.4 Å². The zero-order valence-electron chi connectivity index (χ0n) is 14.0. The number of hydrogen-bond donors (Lipinski definition) is 0. The highest BCUT2D eigenvalue weighted by Crippen LogP contribution is 2.37. The van der Waals surface area contributed by atoms with Gasteiger partial charge in [0.05, 0.1) is 11.2 Å². The van der Waals surface area contributed by atoms with E-state index in [1.54, 1.807) is 11.3 Å². The van der Waals surface area contributed by atoms with Gasteiger partial charge in [-0.2, -0.15) is 0 Å². The lowest BCUT2D eigenvalue weighted by Gasteiger charge is -2.43. The highest BCUT2D eigenvalue weighted by atomic mass is 32.1. The van der Waals surface area contributed by atoms with E-state index in [1.165, 1.54) is 45.1 Å². The predicted octanol–water partition coefficient (Wildman–Crippen LogP) is 3.50. The number of nitrogens with zero attached hydrogens (tertiary/aromatic N) is 3. The fourth-order valence-corrected chi connectivity index (χ4v) is 5.55. The lowest BCUT2D eigenvalue weighted by Crippen LogP contribution is -2.57. The Hall–Kier alpha value is -0.940. The SMILES string of the molecule is CCC1CN2CCCC2CN1C(=O)c1scnc1C1CCCC1. The summed E-state index contributed by atoms with van der Waals surface area (Å²) in [6.45, 7) is 5.41. The van der Waals surface area contributed by atoms with Gasteiger partial charge in [0.15, 0.2) is 0 Å². The topological polar surface area (TPSA) is 36.4 Å². The zero-order valence-corrected chi connectivity index (χ0v) is 14.9. The molecular weight excluding hydrogens is 306 g/mol. The van der Waals surface area contributed by atoms with Gasteiger partial charge in [0.1, 0.15) is 4.88 Å². The third-order valence-electron chi connectivity index (χ3n) is 6.06. The van der Waals surface area contributed by atoms with Gasteiger partial charge in [-0.25, -0.2) is 4.98 Å². The van der Waals surface area contributed by atoms with Crippen LogP contribution in [0.25, 0.3) is 0 Å². The lowest BCUT2D eigenvalue weighted by molar-refractivity contribution is 0.0348. The van der Waals surface area contributed by atoms with Crippen molar-refractivity contribution in [1.82, 2.24) is 14.8 Å². The molecule has 3 fully saturated rings. The van der Waals surface area contributed by atoms with Crippen molar-refractivity contribution in [2.45, 2.75) is 69.9 Å². The van der Waals surface area contributed by atoms with Crippen molar-refractivity contribution < 1.29 is 4.79 Å². The Morgan fingerprint density at radius 3 is 2.87 bits per heavy atom. The van der Waals surface area contributed by atoms with Crippen molar-refractivity contribution in [3.05, 3.63) is 16.1 Å². The van der Waals surface area contributed by atoms with Crippen molar-refractivity contribution in [1.29, 1.82) is 0 Å². The molecule has 2 saturated heterocycles. The number of piperazine rings is 1. The first kappa shape index (κ1) is 15.6. The summed E-state index contributed by atoms with van der Waals surface area (Å²) >= 11 is 1.56. The summed E-state index contributed by atoms with van der Waals surface area (Å²) in [7, 11) is 0. The molecule has 4 rings (SSSR count). The zero-order chi connectivity index (χ0) is 15.8. The summed E-state index contributed by atoms with van der Waals surface area (Å²) < 4.78 is 0. The fraction of sp³-hybridized carbons (Fsp3) is 0.778. The summed E-state index contributed by atoms with van der Waals surface area (Å²) in [4.78, 5) is 23.6. The van der Waals surface area contributed by atoms with E-state index in [0.29, 0.717) is 18.0 Å². The minimum absolute atomic E-state index is 0.257. The van der Waals surface area contributed by atoms with Crippen LogP contribution in [0.15, 0.2) is 5.51 Å². The average Bonchev–Trinajstić information content (AvgIpc) is 3.32. The van der Waals surface area contributed by atoms with E-state index in [2.05, 4.69) is 21.7 Å². The molecule has 4 nitrogen and oxygen atoms in total. The van der Waals surface area contributed by atoms with Crippen LogP contribution in [0, 0.1) is 0 Å². The van der Waals surface area contributed by atoms with Gasteiger partial charge < -0.3 is 4.90 Å². The van der Waals surface area contributed by atoms with E-state index in [0.717, 1.165) is 30.1 Å². The second-order valence-corrected chi connectivity index (χ2v) is 8.21. The van der Waals surface area contributed by atoms with Crippen LogP contribution in [0.2, 0.25) is 0 Å². The molecule has 2 aliphatic heterocycles. The Balaban J connectivity index is 1.57. The van der Waals surface area contributed by atoms with E-state index in [-0.39, 0.29) is 5.91 Å². The van der Waals surface area contributed by atoms with E-state index in [1.807, 2.05) is 5.51 Å². The van der Waals surface area contributed by atoms with Crippen LogP contribution in [0.4, 0.5) is 0 Å². The quantitative estimate of drug-likeness (QED) is 0.849. The van der Waals surface area contributed by atoms with Crippen molar-refractivity contribution in [3.63, 3.8) is 0 Å². The molecule has 0 spiro atoms. The lowest BCUT2D eigenvalue weighted by atomic mass is 10.0. The van der Waals surface area contributed by atoms with Gasteiger partial charge in [-0.15, -0.1) is 11.3 Å². The fourth-order valence-electron chi connectivity index (χ4n) is 4.72. The van der Waals surface area contributed by atoms with Crippen LogP contribution >= 0.6 is 11.3 Å². The van der Waals surface area contributed by atoms with E-state index in [9.17, 15) is 4.79 Å². The maximum absolute atomic E-state index is 13.3. The molecule has 1 amide bonds. The van der Waals surface area contributed by atoms with Crippen LogP contribution < -0.4 is 0 Å². The first-order valence-corrected chi connectivity index (χ1v) is 10.1. The maximum Gasteiger partial charge on any atom is 0.266 e. The minimum Gasteiger partial charge on any atom is -0.332 e. The highest BCUT2D eigenvalue weighted by Gasteiger charge is 2.39. The number of rotatable bonds is 3.